The molecule has 0 aliphatic carbocycles. The van der Waals surface area contributed by atoms with Crippen LogP contribution in [0, 0.1) is 12.8 Å². The van der Waals surface area contributed by atoms with E-state index in [1.807, 2.05) is 13.0 Å². The second kappa shape index (κ2) is 6.25. The highest BCUT2D eigenvalue weighted by Crippen LogP contribution is 2.14. The molecule has 0 saturated carbocycles. The van der Waals surface area contributed by atoms with Gasteiger partial charge >= 0.3 is 0 Å². The van der Waals surface area contributed by atoms with E-state index in [4.69, 9.17) is 0 Å². The predicted molar refractivity (Wildman–Crippen MR) is 91.5 cm³/mol. The van der Waals surface area contributed by atoms with Crippen molar-refractivity contribution in [2.75, 3.05) is 13.1 Å². The number of H-pyrrole nitrogens is 1. The van der Waals surface area contributed by atoms with Crippen molar-refractivity contribution in [1.82, 2.24) is 4.98 Å². The summed E-state index contributed by atoms with van der Waals surface area (Å²) in [5.41, 5.74) is 4.43. The molecule has 0 bridgehead atoms. The van der Waals surface area contributed by atoms with Crippen LogP contribution in [0.25, 0.3) is 10.9 Å². The quantitative estimate of drug-likeness (QED) is 0.896. The number of quaternary nitrogens is 1. The summed E-state index contributed by atoms with van der Waals surface area (Å²) >= 11 is 0. The second-order valence-corrected chi connectivity index (χ2v) is 6.92. The molecule has 1 unspecified atom stereocenters. The summed E-state index contributed by atoms with van der Waals surface area (Å²) in [5, 5.41) is 0.851. The summed E-state index contributed by atoms with van der Waals surface area (Å²) in [6, 6.07) is 6.21. The van der Waals surface area contributed by atoms with Gasteiger partial charge in [0.25, 0.3) is 0 Å². The van der Waals surface area contributed by atoms with Crippen molar-refractivity contribution in [2.24, 2.45) is 5.92 Å². The average molecular weight is 299 g/mol. The molecule has 3 heteroatoms. The lowest BCUT2D eigenvalue weighted by Gasteiger charge is -2.28. The Morgan fingerprint density at radius 3 is 2.91 bits per heavy atom. The van der Waals surface area contributed by atoms with E-state index in [0.29, 0.717) is 0 Å². The Bertz CT molecular complexity index is 732. The van der Waals surface area contributed by atoms with Gasteiger partial charge in [0.2, 0.25) is 0 Å². The first-order valence-electron chi connectivity index (χ1n) is 8.56. The molecule has 1 aliphatic heterocycles. The average Bonchev–Trinajstić information content (AvgIpc) is 2.51. The number of benzene rings is 1. The summed E-state index contributed by atoms with van der Waals surface area (Å²) in [7, 11) is 0. The first-order chi connectivity index (χ1) is 10.6. The monoisotopic (exact) mass is 299 g/mol. The molecule has 0 radical (unpaired) electrons. The zero-order valence-corrected chi connectivity index (χ0v) is 14.0. The van der Waals surface area contributed by atoms with Gasteiger partial charge in [-0.3, -0.25) is 4.79 Å². The number of piperidine rings is 1. The molecule has 1 saturated heterocycles. The summed E-state index contributed by atoms with van der Waals surface area (Å²) in [4.78, 5) is 17.9. The summed E-state index contributed by atoms with van der Waals surface area (Å²) in [6.45, 7) is 9.73. The zero-order chi connectivity index (χ0) is 15.7. The van der Waals surface area contributed by atoms with E-state index in [-0.39, 0.29) is 5.43 Å². The summed E-state index contributed by atoms with van der Waals surface area (Å²) in [5.74, 6) is 0.773. The molecule has 1 fully saturated rings. The minimum Gasteiger partial charge on any atom is -0.358 e. The third-order valence-corrected chi connectivity index (χ3v) is 5.08. The van der Waals surface area contributed by atoms with E-state index in [1.54, 1.807) is 4.90 Å². The fourth-order valence-corrected chi connectivity index (χ4v) is 3.74. The fourth-order valence-electron chi connectivity index (χ4n) is 3.74. The van der Waals surface area contributed by atoms with Crippen LogP contribution < -0.4 is 10.3 Å². The third-order valence-electron chi connectivity index (χ3n) is 5.08. The number of aromatic amines is 1. The maximum absolute atomic E-state index is 12.9. The number of fused-ring (bicyclic) bond motifs is 1. The van der Waals surface area contributed by atoms with E-state index < -0.39 is 0 Å². The number of nitrogens with one attached hydrogen (secondary N) is 2. The number of hydrogen-bond donors (Lipinski definition) is 2. The number of rotatable bonds is 3. The number of aryl methyl sites for hydroxylation is 2. The molecule has 22 heavy (non-hydrogen) atoms. The fraction of sp³-hybridized carbons (Fsp3) is 0.526. The van der Waals surface area contributed by atoms with Gasteiger partial charge in [0.05, 0.1) is 18.7 Å². The van der Waals surface area contributed by atoms with Crippen LogP contribution in [0.15, 0.2) is 23.0 Å². The van der Waals surface area contributed by atoms with Crippen molar-refractivity contribution in [3.63, 3.8) is 0 Å². The molecule has 1 aromatic heterocycles. The van der Waals surface area contributed by atoms with Crippen molar-refractivity contribution in [2.45, 2.75) is 46.6 Å². The molecule has 3 nitrogen and oxygen atoms in total. The zero-order valence-electron chi connectivity index (χ0n) is 14.0. The Morgan fingerprint density at radius 2 is 2.18 bits per heavy atom. The van der Waals surface area contributed by atoms with Crippen molar-refractivity contribution in [3.05, 3.63) is 45.2 Å². The molecule has 0 amide bonds. The molecule has 118 valence electrons. The van der Waals surface area contributed by atoms with E-state index in [0.717, 1.165) is 41.0 Å². The van der Waals surface area contributed by atoms with Crippen LogP contribution in [0.4, 0.5) is 0 Å². The molecular formula is C19H27N2O+. The number of hydrogen-bond acceptors (Lipinski definition) is 1. The highest BCUT2D eigenvalue weighted by molar-refractivity contribution is 5.80. The van der Waals surface area contributed by atoms with E-state index in [2.05, 4.69) is 31.0 Å². The molecule has 1 aromatic carbocycles. The Hall–Kier alpha value is -1.61. The summed E-state index contributed by atoms with van der Waals surface area (Å²) in [6.07, 6.45) is 3.57. The lowest BCUT2D eigenvalue weighted by molar-refractivity contribution is -0.922. The topological polar surface area (TPSA) is 37.3 Å². The first-order valence-corrected chi connectivity index (χ1v) is 8.56. The van der Waals surface area contributed by atoms with Crippen LogP contribution in [0.3, 0.4) is 0 Å². The molecule has 3 rings (SSSR count). The lowest BCUT2D eigenvalue weighted by atomic mass is 9.99. The molecule has 2 aromatic rings. The first kappa shape index (κ1) is 15.3. The molecule has 2 heterocycles. The highest BCUT2D eigenvalue weighted by atomic mass is 16.1. The molecule has 2 atom stereocenters. The van der Waals surface area contributed by atoms with Crippen LogP contribution in [0.2, 0.25) is 0 Å². The van der Waals surface area contributed by atoms with Gasteiger partial charge in [-0.2, -0.15) is 0 Å². The third kappa shape index (κ3) is 2.95. The van der Waals surface area contributed by atoms with Gasteiger partial charge in [0, 0.05) is 22.5 Å². The van der Waals surface area contributed by atoms with Gasteiger partial charge in [-0.15, -0.1) is 0 Å². The lowest BCUT2D eigenvalue weighted by Crippen LogP contribution is -3.12. The van der Waals surface area contributed by atoms with Crippen LogP contribution in [-0.2, 0) is 13.0 Å². The van der Waals surface area contributed by atoms with Crippen LogP contribution in [0.5, 0.6) is 0 Å². The molecule has 0 spiro atoms. The van der Waals surface area contributed by atoms with Gasteiger partial charge in [0.15, 0.2) is 5.43 Å². The van der Waals surface area contributed by atoms with E-state index in [9.17, 15) is 4.79 Å². The normalized spacial score (nSPS) is 22.1. The molecule has 2 N–H and O–H groups in total. The maximum Gasteiger partial charge on any atom is 0.198 e. The SMILES string of the molecule is CCc1ccc2[nH]c(C)c(C[NH+]3CCC[C@@H](C)C3)c(=O)c2c1. The predicted octanol–water partition coefficient (Wildman–Crippen LogP) is 2.21. The molecule has 1 aliphatic rings. The Balaban J connectivity index is 1.99. The second-order valence-electron chi connectivity index (χ2n) is 6.92. The van der Waals surface area contributed by atoms with Gasteiger partial charge < -0.3 is 9.88 Å². The number of aromatic nitrogens is 1. The van der Waals surface area contributed by atoms with Crippen molar-refractivity contribution < 1.29 is 4.90 Å². The Morgan fingerprint density at radius 1 is 1.36 bits per heavy atom. The largest absolute Gasteiger partial charge is 0.358 e. The molecular weight excluding hydrogens is 272 g/mol. The highest BCUT2D eigenvalue weighted by Gasteiger charge is 2.22. The van der Waals surface area contributed by atoms with E-state index >= 15 is 0 Å². The maximum atomic E-state index is 12.9. The van der Waals surface area contributed by atoms with Gasteiger partial charge in [-0.1, -0.05) is 19.9 Å². The van der Waals surface area contributed by atoms with Gasteiger partial charge in [-0.05, 0) is 43.9 Å². The summed E-state index contributed by atoms with van der Waals surface area (Å²) < 4.78 is 0. The van der Waals surface area contributed by atoms with E-state index in [1.165, 1.54) is 31.5 Å². The Labute approximate surface area is 132 Å². The van der Waals surface area contributed by atoms with Crippen molar-refractivity contribution >= 4 is 10.9 Å². The van der Waals surface area contributed by atoms with Crippen LogP contribution in [0.1, 0.15) is 43.5 Å². The minimum atomic E-state index is 0.229. The standard InChI is InChI=1S/C19H26N2O/c1-4-15-7-8-18-16(10-15)19(22)17(14(3)20-18)12-21-9-5-6-13(2)11-21/h7-8,10,13H,4-6,9,11-12H2,1-3H3,(H,20,22)/p+1/t13-/m1/s1. The minimum absolute atomic E-state index is 0.229. The number of pyridine rings is 1. The van der Waals surface area contributed by atoms with Gasteiger partial charge in [-0.25, -0.2) is 0 Å². The van der Waals surface area contributed by atoms with Crippen LogP contribution >= 0.6 is 0 Å². The number of likely N-dealkylation sites (tertiary alicyclic amines) is 1. The van der Waals surface area contributed by atoms with Crippen molar-refractivity contribution in [3.8, 4) is 0 Å². The van der Waals surface area contributed by atoms with Gasteiger partial charge in [0.1, 0.15) is 6.54 Å². The smallest absolute Gasteiger partial charge is 0.198 e. The van der Waals surface area contributed by atoms with Crippen LogP contribution in [-0.4, -0.2) is 18.1 Å². The Kier molecular flexibility index (Phi) is 4.34. The van der Waals surface area contributed by atoms with Crippen molar-refractivity contribution in [1.29, 1.82) is 0 Å².